The van der Waals surface area contributed by atoms with E-state index in [-0.39, 0.29) is 23.7 Å². The van der Waals surface area contributed by atoms with Gasteiger partial charge in [0.2, 0.25) is 0 Å². The molecule has 0 unspecified atom stereocenters. The van der Waals surface area contributed by atoms with E-state index in [9.17, 15) is 15.0 Å². The Hall–Kier alpha value is -2.23. The molecule has 0 fully saturated rings. The van der Waals surface area contributed by atoms with Gasteiger partial charge in [0.05, 0.1) is 6.61 Å². The van der Waals surface area contributed by atoms with Crippen molar-refractivity contribution < 1.29 is 19.7 Å². The third-order valence-electron chi connectivity index (χ3n) is 2.90. The van der Waals surface area contributed by atoms with Gasteiger partial charge in [0.25, 0.3) is 0 Å². The Bertz CT molecular complexity index is 632. The number of aromatic hydroxyl groups is 2. The summed E-state index contributed by atoms with van der Waals surface area (Å²) in [4.78, 5) is 11.8. The first-order valence-corrected chi connectivity index (χ1v) is 6.17. The van der Waals surface area contributed by atoms with Gasteiger partial charge in [-0.25, -0.2) is 4.79 Å². The van der Waals surface area contributed by atoms with Crippen LogP contribution in [0.1, 0.15) is 29.3 Å². The second kappa shape index (κ2) is 5.18. The summed E-state index contributed by atoms with van der Waals surface area (Å²) in [5, 5.41) is 21.0. The van der Waals surface area contributed by atoms with Crippen molar-refractivity contribution in [3.8, 4) is 11.5 Å². The van der Waals surface area contributed by atoms with E-state index >= 15 is 0 Å². The molecular weight excluding hydrogens is 244 g/mol. The lowest BCUT2D eigenvalue weighted by Gasteiger charge is -2.10. The maximum absolute atomic E-state index is 11.8. The lowest BCUT2D eigenvalue weighted by Crippen LogP contribution is -2.06. The number of ether oxygens (including phenoxy) is 1. The predicted octanol–water partition coefficient (Wildman–Crippen LogP) is 3.13. The zero-order valence-electron chi connectivity index (χ0n) is 10.9. The van der Waals surface area contributed by atoms with Crippen LogP contribution in [0.15, 0.2) is 24.3 Å². The van der Waals surface area contributed by atoms with E-state index in [2.05, 4.69) is 0 Å². The molecular formula is C15H16O4. The van der Waals surface area contributed by atoms with Gasteiger partial charge in [-0.3, -0.25) is 0 Å². The zero-order chi connectivity index (χ0) is 14.0. The van der Waals surface area contributed by atoms with Crippen LogP contribution in [0.5, 0.6) is 11.5 Å². The molecule has 2 N–H and O–H groups in total. The third-order valence-corrected chi connectivity index (χ3v) is 2.90. The van der Waals surface area contributed by atoms with Gasteiger partial charge in [-0.05, 0) is 25.5 Å². The SMILES string of the molecule is CCCOC(=O)c1cc(O)c2cc(C)ccc2c1O. The highest BCUT2D eigenvalue weighted by molar-refractivity contribution is 6.03. The Balaban J connectivity index is 2.56. The third kappa shape index (κ3) is 2.47. The molecule has 0 aliphatic heterocycles. The first-order chi connectivity index (χ1) is 9.04. The Morgan fingerprint density at radius 3 is 2.63 bits per heavy atom. The van der Waals surface area contributed by atoms with E-state index in [0.717, 1.165) is 5.56 Å². The zero-order valence-corrected chi connectivity index (χ0v) is 10.9. The summed E-state index contributed by atoms with van der Waals surface area (Å²) < 4.78 is 4.98. The van der Waals surface area contributed by atoms with Gasteiger partial charge in [-0.2, -0.15) is 0 Å². The molecule has 4 nitrogen and oxygen atoms in total. The quantitative estimate of drug-likeness (QED) is 0.657. The summed E-state index contributed by atoms with van der Waals surface area (Å²) in [5.74, 6) is -0.828. The standard InChI is InChI=1S/C15H16O4/c1-3-6-19-15(18)12-8-13(16)11-7-9(2)4-5-10(11)14(12)17/h4-5,7-8,16-17H,3,6H2,1-2H3. The molecule has 0 radical (unpaired) electrons. The molecule has 0 saturated carbocycles. The van der Waals surface area contributed by atoms with Crippen LogP contribution in [0.4, 0.5) is 0 Å². The van der Waals surface area contributed by atoms with Gasteiger partial charge in [-0.1, -0.05) is 24.6 Å². The topological polar surface area (TPSA) is 66.8 Å². The van der Waals surface area contributed by atoms with E-state index in [4.69, 9.17) is 4.74 Å². The molecule has 2 aromatic rings. The van der Waals surface area contributed by atoms with Crippen molar-refractivity contribution in [1.29, 1.82) is 0 Å². The van der Waals surface area contributed by atoms with Crippen LogP contribution < -0.4 is 0 Å². The van der Waals surface area contributed by atoms with Crippen LogP contribution in [0.25, 0.3) is 10.8 Å². The number of benzene rings is 2. The lowest BCUT2D eigenvalue weighted by atomic mass is 10.0. The van der Waals surface area contributed by atoms with Gasteiger partial charge in [0.1, 0.15) is 17.1 Å². The molecule has 0 bridgehead atoms. The fourth-order valence-electron chi connectivity index (χ4n) is 1.93. The van der Waals surface area contributed by atoms with Crippen LogP contribution in [-0.4, -0.2) is 22.8 Å². The molecule has 2 aromatic carbocycles. The highest BCUT2D eigenvalue weighted by Gasteiger charge is 2.18. The maximum Gasteiger partial charge on any atom is 0.342 e. The summed E-state index contributed by atoms with van der Waals surface area (Å²) in [6.07, 6.45) is 0.700. The molecule has 0 amide bonds. The number of phenolic OH excluding ortho intramolecular Hbond substituents is 2. The molecule has 0 aliphatic rings. The van der Waals surface area contributed by atoms with Gasteiger partial charge >= 0.3 is 5.97 Å². The van der Waals surface area contributed by atoms with E-state index in [1.165, 1.54) is 6.07 Å². The molecule has 0 saturated heterocycles. The lowest BCUT2D eigenvalue weighted by molar-refractivity contribution is 0.0501. The fraction of sp³-hybridized carbons (Fsp3) is 0.267. The second-order valence-corrected chi connectivity index (χ2v) is 4.48. The predicted molar refractivity (Wildman–Crippen MR) is 72.6 cm³/mol. The Kier molecular flexibility index (Phi) is 3.60. The van der Waals surface area contributed by atoms with E-state index in [1.54, 1.807) is 12.1 Å². The minimum absolute atomic E-state index is 0.0118. The molecule has 0 aliphatic carbocycles. The minimum Gasteiger partial charge on any atom is -0.507 e. The summed E-state index contributed by atoms with van der Waals surface area (Å²) in [5.41, 5.74) is 0.950. The van der Waals surface area contributed by atoms with Crippen LogP contribution in [0.2, 0.25) is 0 Å². The molecule has 4 heteroatoms. The summed E-state index contributed by atoms with van der Waals surface area (Å²) in [6, 6.07) is 6.49. The number of hydrogen-bond acceptors (Lipinski definition) is 4. The first kappa shape index (κ1) is 13.2. The number of hydrogen-bond donors (Lipinski definition) is 2. The van der Waals surface area contributed by atoms with Crippen molar-refractivity contribution in [3.63, 3.8) is 0 Å². The molecule has 0 atom stereocenters. The normalized spacial score (nSPS) is 10.6. The summed E-state index contributed by atoms with van der Waals surface area (Å²) in [7, 11) is 0. The van der Waals surface area contributed by atoms with Gasteiger partial charge in [0.15, 0.2) is 0 Å². The van der Waals surface area contributed by atoms with Crippen LogP contribution in [0.3, 0.4) is 0 Å². The average Bonchev–Trinajstić information content (AvgIpc) is 2.40. The first-order valence-electron chi connectivity index (χ1n) is 6.17. The Morgan fingerprint density at radius 1 is 1.21 bits per heavy atom. The van der Waals surface area contributed by atoms with Crippen LogP contribution in [0, 0.1) is 6.92 Å². The van der Waals surface area contributed by atoms with Crippen molar-refractivity contribution in [2.75, 3.05) is 6.61 Å². The van der Waals surface area contributed by atoms with Crippen LogP contribution >= 0.6 is 0 Å². The Morgan fingerprint density at radius 2 is 1.95 bits per heavy atom. The maximum atomic E-state index is 11.8. The van der Waals surface area contributed by atoms with E-state index in [1.807, 2.05) is 19.9 Å². The number of phenols is 2. The number of esters is 1. The van der Waals surface area contributed by atoms with Gasteiger partial charge in [0, 0.05) is 10.8 Å². The van der Waals surface area contributed by atoms with Crippen molar-refractivity contribution in [2.45, 2.75) is 20.3 Å². The minimum atomic E-state index is -0.628. The van der Waals surface area contributed by atoms with E-state index in [0.29, 0.717) is 17.2 Å². The highest BCUT2D eigenvalue weighted by Crippen LogP contribution is 2.36. The van der Waals surface area contributed by atoms with Crippen molar-refractivity contribution in [1.82, 2.24) is 0 Å². The smallest absolute Gasteiger partial charge is 0.342 e. The summed E-state index contributed by atoms with van der Waals surface area (Å²) >= 11 is 0. The Labute approximate surface area is 111 Å². The highest BCUT2D eigenvalue weighted by atomic mass is 16.5. The number of aryl methyl sites for hydroxylation is 1. The molecule has 2 rings (SSSR count). The number of carbonyl (C=O) groups is 1. The second-order valence-electron chi connectivity index (χ2n) is 4.48. The van der Waals surface area contributed by atoms with Crippen molar-refractivity contribution in [2.24, 2.45) is 0 Å². The van der Waals surface area contributed by atoms with Gasteiger partial charge < -0.3 is 14.9 Å². The number of carbonyl (C=O) groups excluding carboxylic acids is 1. The van der Waals surface area contributed by atoms with Crippen LogP contribution in [-0.2, 0) is 4.74 Å². The average molecular weight is 260 g/mol. The van der Waals surface area contributed by atoms with Crippen molar-refractivity contribution >= 4 is 16.7 Å². The van der Waals surface area contributed by atoms with Crippen molar-refractivity contribution in [3.05, 3.63) is 35.4 Å². The number of rotatable bonds is 3. The molecule has 0 aromatic heterocycles. The monoisotopic (exact) mass is 260 g/mol. The number of fused-ring (bicyclic) bond motifs is 1. The summed E-state index contributed by atoms with van der Waals surface area (Å²) in [6.45, 7) is 4.05. The van der Waals surface area contributed by atoms with E-state index < -0.39 is 5.97 Å². The molecule has 0 heterocycles. The largest absolute Gasteiger partial charge is 0.507 e. The molecule has 19 heavy (non-hydrogen) atoms. The molecule has 100 valence electrons. The van der Waals surface area contributed by atoms with Gasteiger partial charge in [-0.15, -0.1) is 0 Å². The fourth-order valence-corrected chi connectivity index (χ4v) is 1.93. The molecule has 0 spiro atoms.